The van der Waals surface area contributed by atoms with Gasteiger partial charge in [-0.05, 0) is 68.4 Å². The number of hydrogen-bond acceptors (Lipinski definition) is 5. The van der Waals surface area contributed by atoms with Gasteiger partial charge in [0, 0.05) is 36.4 Å². The zero-order valence-electron chi connectivity index (χ0n) is 19.4. The number of hydrogen-bond donors (Lipinski definition) is 1. The standard InChI is InChI=1S/C27H29N3O4/c1-18-5-2-3-7-21(18)30-22-8-4-6-20(22)25(29-30)26(31)28-16-27(11-13-32-14-12-27)19-9-10-23-24(15-19)34-17-33-23/h2-3,5,7,9-10,15H,4,6,8,11-14,16-17H2,1H3,(H,28,31). The minimum absolute atomic E-state index is 0.0999. The van der Waals surface area contributed by atoms with Crippen LogP contribution in [-0.2, 0) is 23.0 Å². The van der Waals surface area contributed by atoms with Crippen LogP contribution in [0.5, 0.6) is 11.5 Å². The molecule has 3 heterocycles. The third kappa shape index (κ3) is 3.55. The van der Waals surface area contributed by atoms with Crippen LogP contribution in [0.1, 0.15) is 52.1 Å². The van der Waals surface area contributed by atoms with Crippen molar-refractivity contribution in [3.63, 3.8) is 0 Å². The lowest BCUT2D eigenvalue weighted by atomic mass is 9.74. The summed E-state index contributed by atoms with van der Waals surface area (Å²) in [7, 11) is 0. The van der Waals surface area contributed by atoms with Gasteiger partial charge in [-0.25, -0.2) is 4.68 Å². The van der Waals surface area contributed by atoms with Crippen molar-refractivity contribution < 1.29 is 19.0 Å². The van der Waals surface area contributed by atoms with Gasteiger partial charge in [-0.3, -0.25) is 4.79 Å². The lowest BCUT2D eigenvalue weighted by Crippen LogP contribution is -2.44. The summed E-state index contributed by atoms with van der Waals surface area (Å²) >= 11 is 0. The number of carbonyl (C=O) groups excluding carboxylic acids is 1. The monoisotopic (exact) mass is 459 g/mol. The summed E-state index contributed by atoms with van der Waals surface area (Å²) < 4.78 is 18.8. The molecule has 176 valence electrons. The molecular weight excluding hydrogens is 430 g/mol. The average Bonchev–Trinajstić information content (AvgIpc) is 3.60. The van der Waals surface area contributed by atoms with E-state index in [1.165, 1.54) is 0 Å². The molecule has 7 heteroatoms. The molecule has 0 atom stereocenters. The van der Waals surface area contributed by atoms with Gasteiger partial charge in [-0.15, -0.1) is 0 Å². The Morgan fingerprint density at radius 2 is 1.91 bits per heavy atom. The lowest BCUT2D eigenvalue weighted by Gasteiger charge is -2.38. The molecule has 1 N–H and O–H groups in total. The molecule has 1 fully saturated rings. The molecule has 1 aromatic heterocycles. The highest BCUT2D eigenvalue weighted by molar-refractivity contribution is 5.94. The summed E-state index contributed by atoms with van der Waals surface area (Å²) in [6.07, 6.45) is 4.57. The Morgan fingerprint density at radius 3 is 2.76 bits per heavy atom. The van der Waals surface area contributed by atoms with Crippen molar-refractivity contribution in [2.75, 3.05) is 26.6 Å². The van der Waals surface area contributed by atoms with E-state index < -0.39 is 0 Å². The molecule has 1 amide bonds. The number of ether oxygens (including phenoxy) is 3. The van der Waals surface area contributed by atoms with Gasteiger partial charge in [-0.1, -0.05) is 24.3 Å². The molecule has 2 aromatic carbocycles. The maximum absolute atomic E-state index is 13.5. The van der Waals surface area contributed by atoms with Crippen molar-refractivity contribution in [1.82, 2.24) is 15.1 Å². The molecule has 1 aliphatic carbocycles. The van der Waals surface area contributed by atoms with E-state index in [1.807, 2.05) is 22.9 Å². The number of para-hydroxylation sites is 1. The SMILES string of the molecule is Cc1ccccc1-n1nc(C(=O)NCC2(c3ccc4c(c3)OCO4)CCOCC2)c2c1CCC2. The Morgan fingerprint density at radius 1 is 1.09 bits per heavy atom. The smallest absolute Gasteiger partial charge is 0.272 e. The highest BCUT2D eigenvalue weighted by Crippen LogP contribution is 2.40. The Kier molecular flexibility index (Phi) is 5.29. The first-order chi connectivity index (χ1) is 16.6. The quantitative estimate of drug-likeness (QED) is 0.627. The maximum atomic E-state index is 13.5. The summed E-state index contributed by atoms with van der Waals surface area (Å²) in [5.74, 6) is 1.44. The molecule has 34 heavy (non-hydrogen) atoms. The van der Waals surface area contributed by atoms with Gasteiger partial charge in [0.2, 0.25) is 6.79 Å². The van der Waals surface area contributed by atoms with E-state index in [2.05, 4.69) is 36.5 Å². The first-order valence-electron chi connectivity index (χ1n) is 12.1. The van der Waals surface area contributed by atoms with Crippen molar-refractivity contribution in [2.45, 2.75) is 44.4 Å². The Bertz CT molecular complexity index is 1240. The van der Waals surface area contributed by atoms with Gasteiger partial charge < -0.3 is 19.5 Å². The summed E-state index contributed by atoms with van der Waals surface area (Å²) in [4.78, 5) is 13.5. The third-order valence-electron chi connectivity index (χ3n) is 7.51. The van der Waals surface area contributed by atoms with Crippen molar-refractivity contribution in [3.8, 4) is 17.2 Å². The highest BCUT2D eigenvalue weighted by Gasteiger charge is 2.37. The molecule has 6 rings (SSSR count). The Hall–Kier alpha value is -3.32. The fraction of sp³-hybridized carbons (Fsp3) is 0.407. The van der Waals surface area contributed by atoms with Crippen LogP contribution in [0.25, 0.3) is 5.69 Å². The topological polar surface area (TPSA) is 74.6 Å². The van der Waals surface area contributed by atoms with Crippen LogP contribution in [0, 0.1) is 6.92 Å². The number of fused-ring (bicyclic) bond motifs is 2. The van der Waals surface area contributed by atoms with Gasteiger partial charge in [0.15, 0.2) is 17.2 Å². The maximum Gasteiger partial charge on any atom is 0.272 e. The second kappa shape index (κ2) is 8.47. The van der Waals surface area contributed by atoms with Crippen molar-refractivity contribution in [1.29, 1.82) is 0 Å². The van der Waals surface area contributed by atoms with Crippen LogP contribution in [0.4, 0.5) is 0 Å². The fourth-order valence-electron chi connectivity index (χ4n) is 5.51. The van der Waals surface area contributed by atoms with E-state index in [0.717, 1.165) is 71.7 Å². The summed E-state index contributed by atoms with van der Waals surface area (Å²) in [5, 5.41) is 8.06. The molecule has 7 nitrogen and oxygen atoms in total. The zero-order valence-corrected chi connectivity index (χ0v) is 19.4. The molecule has 0 unspecified atom stereocenters. The normalized spacial score (nSPS) is 18.0. The number of aryl methyl sites for hydroxylation is 1. The molecule has 1 saturated heterocycles. The van der Waals surface area contributed by atoms with Crippen LogP contribution in [0.15, 0.2) is 42.5 Å². The first-order valence-corrected chi connectivity index (χ1v) is 12.1. The molecule has 3 aromatic rings. The van der Waals surface area contributed by atoms with E-state index in [9.17, 15) is 4.79 Å². The minimum Gasteiger partial charge on any atom is -0.454 e. The predicted molar refractivity (Wildman–Crippen MR) is 127 cm³/mol. The molecule has 0 bridgehead atoms. The number of amides is 1. The second-order valence-corrected chi connectivity index (χ2v) is 9.47. The van der Waals surface area contributed by atoms with Gasteiger partial charge in [-0.2, -0.15) is 5.10 Å². The van der Waals surface area contributed by atoms with E-state index in [4.69, 9.17) is 19.3 Å². The van der Waals surface area contributed by atoms with E-state index in [0.29, 0.717) is 25.5 Å². The summed E-state index contributed by atoms with van der Waals surface area (Å²) in [6.45, 7) is 4.20. The number of carbonyl (C=O) groups is 1. The number of aromatic nitrogens is 2. The summed E-state index contributed by atoms with van der Waals surface area (Å²) in [5.41, 5.74) is 5.94. The van der Waals surface area contributed by atoms with Crippen LogP contribution < -0.4 is 14.8 Å². The zero-order chi connectivity index (χ0) is 23.1. The first kappa shape index (κ1) is 21.2. The van der Waals surface area contributed by atoms with Crippen LogP contribution >= 0.6 is 0 Å². The molecule has 0 spiro atoms. The molecule has 2 aliphatic heterocycles. The summed E-state index contributed by atoms with van der Waals surface area (Å²) in [6, 6.07) is 14.3. The van der Waals surface area contributed by atoms with Gasteiger partial charge in [0.1, 0.15) is 0 Å². The number of benzene rings is 2. The fourth-order valence-corrected chi connectivity index (χ4v) is 5.51. The Labute approximate surface area is 199 Å². The minimum atomic E-state index is -0.212. The molecule has 3 aliphatic rings. The van der Waals surface area contributed by atoms with Gasteiger partial charge in [0.05, 0.1) is 5.69 Å². The van der Waals surface area contributed by atoms with Crippen LogP contribution in [0.3, 0.4) is 0 Å². The van der Waals surface area contributed by atoms with Crippen molar-refractivity contribution in [2.24, 2.45) is 0 Å². The third-order valence-corrected chi connectivity index (χ3v) is 7.51. The van der Waals surface area contributed by atoms with E-state index >= 15 is 0 Å². The van der Waals surface area contributed by atoms with Gasteiger partial charge >= 0.3 is 0 Å². The number of nitrogens with one attached hydrogen (secondary N) is 1. The number of rotatable bonds is 5. The van der Waals surface area contributed by atoms with Crippen LogP contribution in [0.2, 0.25) is 0 Å². The molecule has 0 saturated carbocycles. The second-order valence-electron chi connectivity index (χ2n) is 9.47. The van der Waals surface area contributed by atoms with Crippen LogP contribution in [-0.4, -0.2) is 42.2 Å². The van der Waals surface area contributed by atoms with E-state index in [-0.39, 0.29) is 18.1 Å². The predicted octanol–water partition coefficient (Wildman–Crippen LogP) is 3.88. The van der Waals surface area contributed by atoms with Crippen molar-refractivity contribution >= 4 is 5.91 Å². The Balaban J connectivity index is 1.28. The van der Waals surface area contributed by atoms with Gasteiger partial charge in [0.25, 0.3) is 5.91 Å². The highest BCUT2D eigenvalue weighted by atomic mass is 16.7. The van der Waals surface area contributed by atoms with Crippen molar-refractivity contribution in [3.05, 3.63) is 70.5 Å². The molecule has 0 radical (unpaired) electrons. The number of nitrogens with zero attached hydrogens (tertiary/aromatic N) is 2. The van der Waals surface area contributed by atoms with E-state index in [1.54, 1.807) is 0 Å². The largest absolute Gasteiger partial charge is 0.454 e. The molecular formula is C27H29N3O4. The lowest BCUT2D eigenvalue weighted by molar-refractivity contribution is 0.0486. The average molecular weight is 460 g/mol.